The van der Waals surface area contributed by atoms with E-state index in [-0.39, 0.29) is 12.6 Å². The summed E-state index contributed by atoms with van der Waals surface area (Å²) in [6.07, 6.45) is 2.86. The second kappa shape index (κ2) is 5.95. The maximum Gasteiger partial charge on any atom is 0.219 e. The fraction of sp³-hybridized carbons (Fsp3) is 1.00. The van der Waals surface area contributed by atoms with Crippen LogP contribution in [-0.4, -0.2) is 50.8 Å². The molecule has 0 aromatic carbocycles. The number of sulfonamides is 1. The third-order valence-corrected chi connectivity index (χ3v) is 5.37. The van der Waals surface area contributed by atoms with Crippen LogP contribution in [0.3, 0.4) is 0 Å². The number of rotatable bonds is 5. The SMILES string of the molecule is COCC(C)S(=O)(=O)N1CCCCC1CN. The van der Waals surface area contributed by atoms with Crippen molar-refractivity contribution in [3.05, 3.63) is 0 Å². The zero-order valence-corrected chi connectivity index (χ0v) is 10.9. The van der Waals surface area contributed by atoms with Crippen molar-refractivity contribution in [2.24, 2.45) is 5.73 Å². The van der Waals surface area contributed by atoms with Crippen molar-refractivity contribution >= 4 is 10.0 Å². The first kappa shape index (κ1) is 13.9. The van der Waals surface area contributed by atoms with Crippen LogP contribution in [0.2, 0.25) is 0 Å². The van der Waals surface area contributed by atoms with Crippen LogP contribution in [0.4, 0.5) is 0 Å². The van der Waals surface area contributed by atoms with Crippen LogP contribution in [0.5, 0.6) is 0 Å². The Morgan fingerprint density at radius 1 is 1.50 bits per heavy atom. The smallest absolute Gasteiger partial charge is 0.219 e. The molecule has 2 N–H and O–H groups in total. The molecule has 96 valence electrons. The summed E-state index contributed by atoms with van der Waals surface area (Å²) in [4.78, 5) is 0. The van der Waals surface area contributed by atoms with E-state index < -0.39 is 15.3 Å². The number of hydrogen-bond acceptors (Lipinski definition) is 4. The minimum absolute atomic E-state index is 0.0296. The predicted molar refractivity (Wildman–Crippen MR) is 63.7 cm³/mol. The lowest BCUT2D eigenvalue weighted by Crippen LogP contribution is -2.50. The van der Waals surface area contributed by atoms with Gasteiger partial charge in [0.05, 0.1) is 11.9 Å². The number of ether oxygens (including phenoxy) is 1. The van der Waals surface area contributed by atoms with Crippen molar-refractivity contribution in [3.8, 4) is 0 Å². The standard InChI is InChI=1S/C10H22N2O3S/c1-9(8-15-2)16(13,14)12-6-4-3-5-10(12)7-11/h9-10H,3-8,11H2,1-2H3. The van der Waals surface area contributed by atoms with Gasteiger partial charge in [0, 0.05) is 26.2 Å². The van der Waals surface area contributed by atoms with E-state index in [2.05, 4.69) is 0 Å². The summed E-state index contributed by atoms with van der Waals surface area (Å²) < 4.78 is 31.0. The molecule has 0 aromatic heterocycles. The van der Waals surface area contributed by atoms with Gasteiger partial charge in [-0.15, -0.1) is 0 Å². The molecule has 1 rings (SSSR count). The number of methoxy groups -OCH3 is 1. The Hall–Kier alpha value is -0.170. The lowest BCUT2D eigenvalue weighted by Gasteiger charge is -2.35. The summed E-state index contributed by atoms with van der Waals surface area (Å²) in [5.74, 6) is 0. The molecule has 6 heteroatoms. The molecule has 0 aliphatic carbocycles. The zero-order chi connectivity index (χ0) is 12.2. The summed E-state index contributed by atoms with van der Waals surface area (Å²) in [5, 5.41) is -0.496. The molecule has 1 saturated heterocycles. The minimum Gasteiger partial charge on any atom is -0.383 e. The van der Waals surface area contributed by atoms with Crippen molar-refractivity contribution < 1.29 is 13.2 Å². The largest absolute Gasteiger partial charge is 0.383 e. The molecule has 0 amide bonds. The van der Waals surface area contributed by atoms with E-state index in [1.807, 2.05) is 0 Å². The van der Waals surface area contributed by atoms with Crippen molar-refractivity contribution in [3.63, 3.8) is 0 Å². The molecule has 1 aliphatic rings. The first-order chi connectivity index (χ1) is 7.54. The second-order valence-electron chi connectivity index (χ2n) is 4.31. The summed E-state index contributed by atoms with van der Waals surface area (Å²) >= 11 is 0. The van der Waals surface area contributed by atoms with Gasteiger partial charge < -0.3 is 10.5 Å². The highest BCUT2D eigenvalue weighted by atomic mass is 32.2. The van der Waals surface area contributed by atoms with Gasteiger partial charge in [0.15, 0.2) is 0 Å². The van der Waals surface area contributed by atoms with Gasteiger partial charge in [-0.25, -0.2) is 8.42 Å². The van der Waals surface area contributed by atoms with E-state index in [1.54, 1.807) is 11.2 Å². The van der Waals surface area contributed by atoms with E-state index in [9.17, 15) is 8.42 Å². The van der Waals surface area contributed by atoms with Crippen LogP contribution in [0.25, 0.3) is 0 Å². The van der Waals surface area contributed by atoms with E-state index in [0.717, 1.165) is 19.3 Å². The highest BCUT2D eigenvalue weighted by Gasteiger charge is 2.35. The van der Waals surface area contributed by atoms with Crippen molar-refractivity contribution in [1.82, 2.24) is 4.31 Å². The topological polar surface area (TPSA) is 72.6 Å². The lowest BCUT2D eigenvalue weighted by atomic mass is 10.1. The number of nitrogens with two attached hydrogens (primary N) is 1. The van der Waals surface area contributed by atoms with Crippen LogP contribution in [0.1, 0.15) is 26.2 Å². The van der Waals surface area contributed by atoms with Crippen LogP contribution < -0.4 is 5.73 Å². The van der Waals surface area contributed by atoms with Crippen molar-refractivity contribution in [2.45, 2.75) is 37.5 Å². The Bertz CT molecular complexity index is 305. The molecule has 0 saturated carbocycles. The fourth-order valence-corrected chi connectivity index (χ4v) is 3.86. The molecule has 0 bridgehead atoms. The molecule has 0 radical (unpaired) electrons. The van der Waals surface area contributed by atoms with Crippen LogP contribution in [-0.2, 0) is 14.8 Å². The molecule has 16 heavy (non-hydrogen) atoms. The van der Waals surface area contributed by atoms with E-state index in [1.165, 1.54) is 7.11 Å². The summed E-state index contributed by atoms with van der Waals surface area (Å²) in [5.41, 5.74) is 5.63. The predicted octanol–water partition coefficient (Wildman–Crippen LogP) is 0.164. The maximum absolute atomic E-state index is 12.2. The van der Waals surface area contributed by atoms with Gasteiger partial charge in [0.25, 0.3) is 0 Å². The minimum atomic E-state index is -3.26. The number of hydrogen-bond donors (Lipinski definition) is 1. The molecule has 1 fully saturated rings. The molecular weight excluding hydrogens is 228 g/mol. The fourth-order valence-electron chi connectivity index (χ4n) is 2.10. The average molecular weight is 250 g/mol. The second-order valence-corrected chi connectivity index (χ2v) is 6.61. The molecule has 1 aliphatic heterocycles. The van der Waals surface area contributed by atoms with Crippen molar-refractivity contribution in [1.29, 1.82) is 0 Å². The third kappa shape index (κ3) is 2.94. The normalized spacial score (nSPS) is 25.6. The highest BCUT2D eigenvalue weighted by molar-refractivity contribution is 7.89. The number of piperidine rings is 1. The first-order valence-corrected chi connectivity index (χ1v) is 7.24. The van der Waals surface area contributed by atoms with Gasteiger partial charge in [0.1, 0.15) is 0 Å². The molecule has 2 atom stereocenters. The Morgan fingerprint density at radius 3 is 2.75 bits per heavy atom. The average Bonchev–Trinajstić information content (AvgIpc) is 2.29. The zero-order valence-electron chi connectivity index (χ0n) is 10.1. The summed E-state index contributed by atoms with van der Waals surface area (Å²) in [6, 6.07) is -0.0296. The molecule has 5 nitrogen and oxygen atoms in total. The van der Waals surface area contributed by atoms with Crippen molar-refractivity contribution in [2.75, 3.05) is 26.8 Å². The third-order valence-electron chi connectivity index (χ3n) is 3.08. The Kier molecular flexibility index (Phi) is 5.17. The monoisotopic (exact) mass is 250 g/mol. The summed E-state index contributed by atoms with van der Waals surface area (Å²) in [6.45, 7) is 2.91. The van der Waals surface area contributed by atoms with Gasteiger partial charge in [-0.05, 0) is 19.8 Å². The van der Waals surface area contributed by atoms with Gasteiger partial charge in [-0.3, -0.25) is 0 Å². The number of nitrogens with zero attached hydrogens (tertiary/aromatic N) is 1. The van der Waals surface area contributed by atoms with E-state index in [4.69, 9.17) is 10.5 Å². The Morgan fingerprint density at radius 2 is 2.19 bits per heavy atom. The van der Waals surface area contributed by atoms with Gasteiger partial charge >= 0.3 is 0 Å². The molecule has 1 heterocycles. The summed E-state index contributed by atoms with van der Waals surface area (Å²) in [7, 11) is -1.74. The van der Waals surface area contributed by atoms with Crippen LogP contribution in [0, 0.1) is 0 Å². The van der Waals surface area contributed by atoms with Gasteiger partial charge in [-0.2, -0.15) is 4.31 Å². The maximum atomic E-state index is 12.2. The Labute approximate surface area is 98.0 Å². The van der Waals surface area contributed by atoms with Crippen LogP contribution in [0.15, 0.2) is 0 Å². The molecule has 2 unspecified atom stereocenters. The lowest BCUT2D eigenvalue weighted by molar-refractivity contribution is 0.193. The Balaban J connectivity index is 2.79. The quantitative estimate of drug-likeness (QED) is 0.754. The highest BCUT2D eigenvalue weighted by Crippen LogP contribution is 2.22. The molecule has 0 spiro atoms. The van der Waals surface area contributed by atoms with E-state index in [0.29, 0.717) is 13.1 Å². The van der Waals surface area contributed by atoms with Gasteiger partial charge in [-0.1, -0.05) is 6.42 Å². The van der Waals surface area contributed by atoms with Crippen LogP contribution >= 0.6 is 0 Å². The first-order valence-electron chi connectivity index (χ1n) is 5.73. The molecular formula is C10H22N2O3S. The molecule has 0 aromatic rings. The van der Waals surface area contributed by atoms with Gasteiger partial charge in [0.2, 0.25) is 10.0 Å². The van der Waals surface area contributed by atoms with E-state index >= 15 is 0 Å².